The molecule has 3 amide bonds. The van der Waals surface area contributed by atoms with E-state index in [2.05, 4.69) is 10.9 Å². The Morgan fingerprint density at radius 3 is 2.46 bits per heavy atom. The number of nitrogens with zero attached hydrogens (tertiary/aromatic N) is 1. The first-order valence-corrected chi connectivity index (χ1v) is 8.24. The molecule has 0 saturated carbocycles. The Labute approximate surface area is 153 Å². The van der Waals surface area contributed by atoms with Crippen molar-refractivity contribution in [3.05, 3.63) is 64.9 Å². The zero-order chi connectivity index (χ0) is 18.7. The molecule has 1 aliphatic rings. The zero-order valence-corrected chi connectivity index (χ0v) is 14.3. The van der Waals surface area contributed by atoms with Gasteiger partial charge in [0.25, 0.3) is 5.91 Å². The highest BCUT2D eigenvalue weighted by Gasteiger charge is 2.35. The number of carbonyl (C=O) groups excluding carboxylic acids is 3. The Bertz CT molecular complexity index is 857. The van der Waals surface area contributed by atoms with Crippen LogP contribution in [0.2, 0.25) is 5.02 Å². The van der Waals surface area contributed by atoms with Crippen molar-refractivity contribution in [1.82, 2.24) is 10.9 Å². The van der Waals surface area contributed by atoms with E-state index in [9.17, 15) is 18.8 Å². The highest BCUT2D eigenvalue weighted by atomic mass is 35.5. The van der Waals surface area contributed by atoms with Crippen molar-refractivity contribution in [3.8, 4) is 0 Å². The molecular formula is C18H15ClFN3O3. The van der Waals surface area contributed by atoms with E-state index in [4.69, 9.17) is 11.6 Å². The normalized spacial score (nSPS) is 16.5. The molecule has 0 spiro atoms. The van der Waals surface area contributed by atoms with Crippen molar-refractivity contribution in [2.45, 2.75) is 6.42 Å². The summed E-state index contributed by atoms with van der Waals surface area (Å²) < 4.78 is 13.0. The molecule has 2 aromatic carbocycles. The molecule has 1 fully saturated rings. The maximum absolute atomic E-state index is 13.0. The highest BCUT2D eigenvalue weighted by molar-refractivity contribution is 6.33. The third kappa shape index (κ3) is 3.83. The van der Waals surface area contributed by atoms with Crippen LogP contribution < -0.4 is 15.8 Å². The third-order valence-electron chi connectivity index (χ3n) is 4.05. The van der Waals surface area contributed by atoms with Crippen molar-refractivity contribution >= 4 is 35.0 Å². The average molecular weight is 376 g/mol. The number of hydrazine groups is 1. The SMILES string of the molecule is O=C(NNC(=O)[C@@H]1CC(=O)N(c2ccc(F)cc2)C1)c1ccccc1Cl. The van der Waals surface area contributed by atoms with E-state index >= 15 is 0 Å². The number of carbonyl (C=O) groups is 3. The molecule has 2 aromatic rings. The minimum absolute atomic E-state index is 0.00513. The molecule has 1 atom stereocenters. The molecule has 0 unspecified atom stereocenters. The van der Waals surface area contributed by atoms with Gasteiger partial charge in [0.1, 0.15) is 5.82 Å². The summed E-state index contributed by atoms with van der Waals surface area (Å²) in [5.41, 5.74) is 5.35. The largest absolute Gasteiger partial charge is 0.312 e. The van der Waals surface area contributed by atoms with Crippen LogP contribution in [0.15, 0.2) is 48.5 Å². The van der Waals surface area contributed by atoms with Crippen LogP contribution in [0.3, 0.4) is 0 Å². The number of hydrogen-bond donors (Lipinski definition) is 2. The fourth-order valence-corrected chi connectivity index (χ4v) is 2.91. The smallest absolute Gasteiger partial charge is 0.271 e. The monoisotopic (exact) mass is 375 g/mol. The second-order valence-electron chi connectivity index (χ2n) is 5.81. The summed E-state index contributed by atoms with van der Waals surface area (Å²) in [5, 5.41) is 0.262. The molecule has 3 rings (SSSR count). The second kappa shape index (κ2) is 7.53. The van der Waals surface area contributed by atoms with Crippen LogP contribution in [0, 0.1) is 11.7 Å². The van der Waals surface area contributed by atoms with Gasteiger partial charge in [-0.25, -0.2) is 4.39 Å². The van der Waals surface area contributed by atoms with Crippen molar-refractivity contribution < 1.29 is 18.8 Å². The van der Waals surface area contributed by atoms with E-state index in [1.54, 1.807) is 18.2 Å². The quantitative estimate of drug-likeness (QED) is 0.808. The van der Waals surface area contributed by atoms with Crippen LogP contribution >= 0.6 is 11.6 Å². The molecule has 0 bridgehead atoms. The Hall–Kier alpha value is -2.93. The van der Waals surface area contributed by atoms with Gasteiger partial charge in [-0.15, -0.1) is 0 Å². The Balaban J connectivity index is 1.59. The molecule has 1 aliphatic heterocycles. The van der Waals surface area contributed by atoms with E-state index in [0.717, 1.165) is 0 Å². The molecule has 1 heterocycles. The van der Waals surface area contributed by atoms with Crippen molar-refractivity contribution in [2.75, 3.05) is 11.4 Å². The van der Waals surface area contributed by atoms with Gasteiger partial charge in [-0.1, -0.05) is 23.7 Å². The molecule has 26 heavy (non-hydrogen) atoms. The van der Waals surface area contributed by atoms with Crippen LogP contribution in [0.5, 0.6) is 0 Å². The maximum Gasteiger partial charge on any atom is 0.271 e. The van der Waals surface area contributed by atoms with Crippen LogP contribution in [-0.2, 0) is 9.59 Å². The van der Waals surface area contributed by atoms with Gasteiger partial charge >= 0.3 is 0 Å². The van der Waals surface area contributed by atoms with E-state index in [1.807, 2.05) is 0 Å². The van der Waals surface area contributed by atoms with E-state index < -0.39 is 23.5 Å². The van der Waals surface area contributed by atoms with Gasteiger partial charge in [-0.3, -0.25) is 25.2 Å². The summed E-state index contributed by atoms with van der Waals surface area (Å²) in [5.74, 6) is -2.31. The van der Waals surface area contributed by atoms with E-state index in [-0.39, 0.29) is 29.5 Å². The topological polar surface area (TPSA) is 78.5 Å². The highest BCUT2D eigenvalue weighted by Crippen LogP contribution is 2.25. The first-order valence-electron chi connectivity index (χ1n) is 7.86. The number of benzene rings is 2. The fraction of sp³-hybridized carbons (Fsp3) is 0.167. The number of halogens is 2. The summed E-state index contributed by atoms with van der Waals surface area (Å²) in [6, 6.07) is 11.9. The van der Waals surface area contributed by atoms with Crippen molar-refractivity contribution in [2.24, 2.45) is 5.92 Å². The van der Waals surface area contributed by atoms with Gasteiger partial charge < -0.3 is 4.90 Å². The molecule has 1 saturated heterocycles. The van der Waals surface area contributed by atoms with Crippen LogP contribution in [0.1, 0.15) is 16.8 Å². The number of anilines is 1. The molecular weight excluding hydrogens is 361 g/mol. The van der Waals surface area contributed by atoms with Crippen molar-refractivity contribution in [3.63, 3.8) is 0 Å². The van der Waals surface area contributed by atoms with Gasteiger partial charge in [-0.05, 0) is 36.4 Å². The first kappa shape index (κ1) is 17.9. The lowest BCUT2D eigenvalue weighted by molar-refractivity contribution is -0.126. The standard InChI is InChI=1S/C18H15ClFN3O3/c19-15-4-2-1-3-14(15)18(26)22-21-17(25)11-9-16(24)23(10-11)13-7-5-12(20)6-8-13/h1-8,11H,9-10H2,(H,21,25)(H,22,26)/t11-/m1/s1. The zero-order valence-electron chi connectivity index (χ0n) is 13.5. The Morgan fingerprint density at radius 2 is 1.77 bits per heavy atom. The summed E-state index contributed by atoms with van der Waals surface area (Å²) in [7, 11) is 0. The van der Waals surface area contributed by atoms with Crippen LogP contribution in [0.4, 0.5) is 10.1 Å². The molecule has 8 heteroatoms. The van der Waals surface area contributed by atoms with Gasteiger partial charge in [0.2, 0.25) is 11.8 Å². The van der Waals surface area contributed by atoms with Crippen LogP contribution in [0.25, 0.3) is 0 Å². The van der Waals surface area contributed by atoms with Crippen molar-refractivity contribution in [1.29, 1.82) is 0 Å². The lowest BCUT2D eigenvalue weighted by atomic mass is 10.1. The Morgan fingerprint density at radius 1 is 1.08 bits per heavy atom. The van der Waals surface area contributed by atoms with Gasteiger partial charge in [0.15, 0.2) is 0 Å². The lowest BCUT2D eigenvalue weighted by Crippen LogP contribution is -2.45. The number of rotatable bonds is 3. The van der Waals surface area contributed by atoms with E-state index in [1.165, 1.54) is 35.2 Å². The van der Waals surface area contributed by atoms with Gasteiger partial charge in [0.05, 0.1) is 16.5 Å². The van der Waals surface area contributed by atoms with E-state index in [0.29, 0.717) is 5.69 Å². The maximum atomic E-state index is 13.0. The summed E-state index contributed by atoms with van der Waals surface area (Å²) in [6.45, 7) is 0.151. The summed E-state index contributed by atoms with van der Waals surface area (Å²) >= 11 is 5.93. The molecule has 2 N–H and O–H groups in total. The fourth-order valence-electron chi connectivity index (χ4n) is 2.69. The number of nitrogens with one attached hydrogen (secondary N) is 2. The second-order valence-corrected chi connectivity index (χ2v) is 6.21. The summed E-state index contributed by atoms with van der Waals surface area (Å²) in [4.78, 5) is 37.8. The third-order valence-corrected chi connectivity index (χ3v) is 4.38. The molecule has 0 radical (unpaired) electrons. The minimum atomic E-state index is -0.626. The molecule has 134 valence electrons. The number of amides is 3. The predicted molar refractivity (Wildman–Crippen MR) is 93.9 cm³/mol. The van der Waals surface area contributed by atoms with Gasteiger partial charge in [-0.2, -0.15) is 0 Å². The lowest BCUT2D eigenvalue weighted by Gasteiger charge is -2.16. The average Bonchev–Trinajstić information content (AvgIpc) is 3.02. The van der Waals surface area contributed by atoms with Crippen LogP contribution in [-0.4, -0.2) is 24.3 Å². The summed E-state index contributed by atoms with van der Waals surface area (Å²) in [6.07, 6.45) is 0.00513. The molecule has 0 aliphatic carbocycles. The van der Waals surface area contributed by atoms with Gasteiger partial charge in [0, 0.05) is 18.7 Å². The molecule has 0 aromatic heterocycles. The molecule has 6 nitrogen and oxygen atoms in total. The Kier molecular flexibility index (Phi) is 5.18. The minimum Gasteiger partial charge on any atom is -0.312 e. The number of hydrogen-bond acceptors (Lipinski definition) is 3. The first-order chi connectivity index (χ1) is 12.5. The predicted octanol–water partition coefficient (Wildman–Crippen LogP) is 2.29.